The molecule has 0 bridgehead atoms. The van der Waals surface area contributed by atoms with E-state index in [1.165, 1.54) is 0 Å². The van der Waals surface area contributed by atoms with E-state index in [1.54, 1.807) is 17.2 Å². The highest BCUT2D eigenvalue weighted by Gasteiger charge is 2.39. The van der Waals surface area contributed by atoms with Crippen LogP contribution in [0.25, 0.3) is 5.69 Å². The number of hydrogen-bond acceptors (Lipinski definition) is 5. The van der Waals surface area contributed by atoms with Gasteiger partial charge in [-0.05, 0) is 37.1 Å². The Bertz CT molecular complexity index is 716. The lowest BCUT2D eigenvalue weighted by Crippen LogP contribution is -2.53. The molecule has 7 heteroatoms. The van der Waals surface area contributed by atoms with Crippen molar-refractivity contribution in [3.8, 4) is 5.69 Å². The highest BCUT2D eigenvalue weighted by atomic mass is 16.5. The minimum atomic E-state index is -0.335. The third-order valence-electron chi connectivity index (χ3n) is 5.28. The van der Waals surface area contributed by atoms with Gasteiger partial charge in [0, 0.05) is 23.7 Å². The molecule has 0 radical (unpaired) electrons. The number of morpholine rings is 1. The summed E-state index contributed by atoms with van der Waals surface area (Å²) in [4.78, 5) is 14.9. The number of carbonyl (C=O) groups is 1. The van der Waals surface area contributed by atoms with Crippen LogP contribution in [0.15, 0.2) is 36.9 Å². The van der Waals surface area contributed by atoms with Crippen LogP contribution in [0.5, 0.6) is 0 Å². The van der Waals surface area contributed by atoms with Crippen LogP contribution in [-0.2, 0) is 4.74 Å². The van der Waals surface area contributed by atoms with Gasteiger partial charge in [0.15, 0.2) is 0 Å². The number of carbonyl (C=O) groups excluding carboxylic acids is 1. The van der Waals surface area contributed by atoms with E-state index in [-0.39, 0.29) is 24.0 Å². The topological polar surface area (TPSA) is 80.5 Å². The Hall–Kier alpha value is -2.25. The van der Waals surface area contributed by atoms with Crippen molar-refractivity contribution in [3.63, 3.8) is 0 Å². The van der Waals surface area contributed by atoms with Crippen LogP contribution in [-0.4, -0.2) is 62.6 Å². The Morgan fingerprint density at radius 2 is 1.92 bits per heavy atom. The quantitative estimate of drug-likeness (QED) is 0.908. The molecule has 2 fully saturated rings. The van der Waals surface area contributed by atoms with Gasteiger partial charge in [-0.2, -0.15) is 0 Å². The molecule has 0 spiro atoms. The lowest BCUT2D eigenvalue weighted by Gasteiger charge is -2.40. The zero-order chi connectivity index (χ0) is 17.2. The minimum absolute atomic E-state index is 0.00251. The van der Waals surface area contributed by atoms with Gasteiger partial charge in [-0.15, -0.1) is 10.2 Å². The summed E-state index contributed by atoms with van der Waals surface area (Å²) >= 11 is 0. The third-order valence-corrected chi connectivity index (χ3v) is 5.28. The lowest BCUT2D eigenvalue weighted by atomic mass is 9.93. The average molecular weight is 342 g/mol. The first-order chi connectivity index (χ1) is 12.2. The van der Waals surface area contributed by atoms with Gasteiger partial charge < -0.3 is 14.7 Å². The van der Waals surface area contributed by atoms with Crippen molar-refractivity contribution in [1.29, 1.82) is 0 Å². The van der Waals surface area contributed by atoms with Gasteiger partial charge in [0.25, 0.3) is 5.91 Å². The molecule has 1 N–H and O–H groups in total. The molecular weight excluding hydrogens is 320 g/mol. The number of ether oxygens (including phenoxy) is 1. The van der Waals surface area contributed by atoms with Crippen molar-refractivity contribution in [2.45, 2.75) is 31.4 Å². The molecule has 1 saturated heterocycles. The molecule has 0 unspecified atom stereocenters. The van der Waals surface area contributed by atoms with Gasteiger partial charge in [0.05, 0.1) is 25.4 Å². The Labute approximate surface area is 146 Å². The summed E-state index contributed by atoms with van der Waals surface area (Å²) in [5, 5.41) is 17.8. The maximum absolute atomic E-state index is 13.0. The molecule has 2 aliphatic rings. The second kappa shape index (κ2) is 6.93. The van der Waals surface area contributed by atoms with Crippen molar-refractivity contribution in [2.24, 2.45) is 5.92 Å². The van der Waals surface area contributed by atoms with E-state index in [9.17, 15) is 9.90 Å². The average Bonchev–Trinajstić information content (AvgIpc) is 3.33. The van der Waals surface area contributed by atoms with Crippen LogP contribution < -0.4 is 0 Å². The molecule has 1 aromatic carbocycles. The summed E-state index contributed by atoms with van der Waals surface area (Å²) in [7, 11) is 0. The Kier molecular flexibility index (Phi) is 4.50. The van der Waals surface area contributed by atoms with Crippen LogP contribution in [0.4, 0.5) is 0 Å². The zero-order valence-electron chi connectivity index (χ0n) is 14.0. The highest BCUT2D eigenvalue weighted by Crippen LogP contribution is 2.32. The van der Waals surface area contributed by atoms with Crippen LogP contribution in [0.1, 0.15) is 29.6 Å². The summed E-state index contributed by atoms with van der Waals surface area (Å²) in [6.07, 6.45) is 5.69. The first-order valence-corrected chi connectivity index (χ1v) is 8.76. The fourth-order valence-electron chi connectivity index (χ4n) is 3.92. The van der Waals surface area contributed by atoms with Gasteiger partial charge in [-0.25, -0.2) is 0 Å². The fourth-order valence-corrected chi connectivity index (χ4v) is 3.92. The van der Waals surface area contributed by atoms with Crippen molar-refractivity contribution in [2.75, 3.05) is 19.8 Å². The number of aliphatic hydroxyl groups is 1. The third kappa shape index (κ3) is 3.17. The van der Waals surface area contributed by atoms with E-state index in [2.05, 4.69) is 10.2 Å². The van der Waals surface area contributed by atoms with E-state index in [0.717, 1.165) is 24.9 Å². The van der Waals surface area contributed by atoms with Crippen molar-refractivity contribution < 1.29 is 14.6 Å². The first kappa shape index (κ1) is 16.2. The predicted molar refractivity (Wildman–Crippen MR) is 90.4 cm³/mol. The first-order valence-electron chi connectivity index (χ1n) is 8.76. The summed E-state index contributed by atoms with van der Waals surface area (Å²) in [6, 6.07) is 7.38. The molecule has 1 aliphatic carbocycles. The minimum Gasteiger partial charge on any atom is -0.393 e. The number of aliphatic hydroxyl groups excluding tert-OH is 1. The standard InChI is InChI=1S/C18H22N4O3/c23-17-3-1-2-15(17)16-10-25-9-8-22(16)18(24)13-4-6-14(7-5-13)21-11-19-20-12-21/h4-7,11-12,15-17,23H,1-3,8-10H2/t15-,16-,17+/m1/s1. The second-order valence-corrected chi connectivity index (χ2v) is 6.72. The van der Waals surface area contributed by atoms with Crippen LogP contribution in [0.3, 0.4) is 0 Å². The van der Waals surface area contributed by atoms with Crippen molar-refractivity contribution in [1.82, 2.24) is 19.7 Å². The number of rotatable bonds is 3. The number of nitrogens with zero attached hydrogens (tertiary/aromatic N) is 4. The predicted octanol–water partition coefficient (Wildman–Crippen LogP) is 1.27. The molecule has 4 rings (SSSR count). The van der Waals surface area contributed by atoms with Crippen LogP contribution in [0, 0.1) is 5.92 Å². The summed E-state index contributed by atoms with van der Waals surface area (Å²) in [5.41, 5.74) is 1.56. The van der Waals surface area contributed by atoms with Crippen molar-refractivity contribution >= 4 is 5.91 Å². The monoisotopic (exact) mass is 342 g/mol. The molecule has 3 atom stereocenters. The molecule has 25 heavy (non-hydrogen) atoms. The summed E-state index contributed by atoms with van der Waals surface area (Å²) < 4.78 is 7.40. The smallest absolute Gasteiger partial charge is 0.254 e. The molecule has 2 aromatic rings. The number of hydrogen-bond donors (Lipinski definition) is 1. The molecule has 1 aliphatic heterocycles. The van der Waals surface area contributed by atoms with Gasteiger partial charge in [0.1, 0.15) is 12.7 Å². The summed E-state index contributed by atoms with van der Waals surface area (Å²) in [6.45, 7) is 1.62. The highest BCUT2D eigenvalue weighted by molar-refractivity contribution is 5.94. The maximum Gasteiger partial charge on any atom is 0.254 e. The Morgan fingerprint density at radius 1 is 1.16 bits per heavy atom. The molecule has 7 nitrogen and oxygen atoms in total. The van der Waals surface area contributed by atoms with E-state index in [1.807, 2.05) is 29.2 Å². The van der Waals surface area contributed by atoms with E-state index < -0.39 is 0 Å². The van der Waals surface area contributed by atoms with E-state index >= 15 is 0 Å². The number of benzene rings is 1. The van der Waals surface area contributed by atoms with Gasteiger partial charge in [0.2, 0.25) is 0 Å². The number of amides is 1. The largest absolute Gasteiger partial charge is 0.393 e. The molecule has 1 aromatic heterocycles. The molecule has 2 heterocycles. The van der Waals surface area contributed by atoms with Gasteiger partial charge >= 0.3 is 0 Å². The van der Waals surface area contributed by atoms with E-state index in [4.69, 9.17) is 4.74 Å². The van der Waals surface area contributed by atoms with Crippen molar-refractivity contribution in [3.05, 3.63) is 42.5 Å². The normalized spacial score (nSPS) is 26.8. The lowest BCUT2D eigenvalue weighted by molar-refractivity contribution is -0.0383. The van der Waals surface area contributed by atoms with Gasteiger partial charge in [-0.3, -0.25) is 9.36 Å². The molecule has 1 saturated carbocycles. The maximum atomic E-state index is 13.0. The van der Waals surface area contributed by atoms with Crippen LogP contribution in [0.2, 0.25) is 0 Å². The Balaban J connectivity index is 1.54. The Morgan fingerprint density at radius 3 is 2.60 bits per heavy atom. The SMILES string of the molecule is O=C(c1ccc(-n2cnnc2)cc1)N1CCOC[C@@H]1[C@H]1CCC[C@@H]1O. The van der Waals surface area contributed by atoms with E-state index in [0.29, 0.717) is 25.3 Å². The number of aromatic nitrogens is 3. The molecule has 1 amide bonds. The van der Waals surface area contributed by atoms with Gasteiger partial charge in [-0.1, -0.05) is 6.42 Å². The fraction of sp³-hybridized carbons (Fsp3) is 0.500. The molecule has 132 valence electrons. The second-order valence-electron chi connectivity index (χ2n) is 6.72. The molecular formula is C18H22N4O3. The van der Waals surface area contributed by atoms with Crippen LogP contribution >= 0.6 is 0 Å². The zero-order valence-corrected chi connectivity index (χ0v) is 14.0. The summed E-state index contributed by atoms with van der Waals surface area (Å²) in [5.74, 6) is 0.114.